The monoisotopic (exact) mass is 714 g/mol. The van der Waals surface area contributed by atoms with Crippen molar-refractivity contribution in [3.8, 4) is 0 Å². The van der Waals surface area contributed by atoms with E-state index >= 15 is 0 Å². The van der Waals surface area contributed by atoms with Gasteiger partial charge in [-0.05, 0) is 19.3 Å². The summed E-state index contributed by atoms with van der Waals surface area (Å²) in [5.74, 6) is -0.177. The van der Waals surface area contributed by atoms with Gasteiger partial charge in [0.05, 0.1) is 25.4 Å². The summed E-state index contributed by atoms with van der Waals surface area (Å²) in [7, 11) is 0. The molecule has 0 spiro atoms. The molecule has 7 unspecified atom stereocenters. The van der Waals surface area contributed by atoms with Crippen LogP contribution in [-0.4, -0.2) is 87.5 Å². The molecule has 1 amide bonds. The molecule has 1 heterocycles. The Morgan fingerprint density at radius 2 is 1.10 bits per heavy atom. The van der Waals surface area contributed by atoms with Crippen molar-refractivity contribution in [3.05, 3.63) is 12.2 Å². The predicted molar refractivity (Wildman–Crippen MR) is 203 cm³/mol. The number of nitrogens with one attached hydrogen (secondary N) is 1. The molecule has 0 bridgehead atoms. The SMILES string of the molecule is CCCCCCCCCCCCC/C=C/C(O)C(COC1OC(CO)C(O)C(O)C1O)NC(=O)CCCCCCCCCCCCCCCC. The molecule has 0 radical (unpaired) electrons. The van der Waals surface area contributed by atoms with E-state index in [-0.39, 0.29) is 12.5 Å². The van der Waals surface area contributed by atoms with Crippen molar-refractivity contribution >= 4 is 5.91 Å². The fraction of sp³-hybridized carbons (Fsp3) is 0.927. The van der Waals surface area contributed by atoms with E-state index in [4.69, 9.17) is 9.47 Å². The van der Waals surface area contributed by atoms with E-state index in [1.54, 1.807) is 6.08 Å². The van der Waals surface area contributed by atoms with Gasteiger partial charge >= 0.3 is 0 Å². The zero-order valence-electron chi connectivity index (χ0n) is 32.2. The lowest BCUT2D eigenvalue weighted by atomic mass is 9.99. The lowest BCUT2D eigenvalue weighted by molar-refractivity contribution is -0.302. The number of carbonyl (C=O) groups excluding carboxylic acids is 1. The number of aliphatic hydroxyl groups excluding tert-OH is 5. The second kappa shape index (κ2) is 32.6. The molecule has 0 aromatic carbocycles. The summed E-state index contributed by atoms with van der Waals surface area (Å²) in [6.45, 7) is 3.76. The molecule has 1 fully saturated rings. The number of carbonyl (C=O) groups is 1. The summed E-state index contributed by atoms with van der Waals surface area (Å²) >= 11 is 0. The minimum Gasteiger partial charge on any atom is -0.394 e. The predicted octanol–water partition coefficient (Wildman–Crippen LogP) is 7.78. The molecule has 1 aliphatic rings. The van der Waals surface area contributed by atoms with Crippen molar-refractivity contribution in [2.24, 2.45) is 0 Å². The maximum atomic E-state index is 12.9. The van der Waals surface area contributed by atoms with Crippen molar-refractivity contribution in [2.75, 3.05) is 13.2 Å². The Labute approximate surface area is 306 Å². The highest BCUT2D eigenvalue weighted by atomic mass is 16.7. The molecule has 0 aliphatic carbocycles. The standard InChI is InChI=1S/C41H79NO8/c1-3-5-7-9-11-13-15-17-19-21-23-25-27-29-31-37(45)42-34(33-49-41-40(48)39(47)38(46)36(32-43)50-41)35(44)30-28-26-24-22-20-18-16-14-12-10-8-6-4-2/h28,30,34-36,38-41,43-44,46-48H,3-27,29,31-33H2,1-2H3,(H,42,45)/b30-28+. The highest BCUT2D eigenvalue weighted by Crippen LogP contribution is 2.22. The highest BCUT2D eigenvalue weighted by molar-refractivity contribution is 5.76. The Hall–Kier alpha value is -1.07. The Morgan fingerprint density at radius 3 is 1.56 bits per heavy atom. The molecule has 1 rings (SSSR count). The van der Waals surface area contributed by atoms with E-state index in [9.17, 15) is 30.3 Å². The number of aliphatic hydroxyl groups is 5. The fourth-order valence-electron chi connectivity index (χ4n) is 6.68. The topological polar surface area (TPSA) is 149 Å². The van der Waals surface area contributed by atoms with Gasteiger partial charge in [0.2, 0.25) is 5.91 Å². The van der Waals surface area contributed by atoms with Crippen LogP contribution < -0.4 is 5.32 Å². The molecule has 0 aromatic heterocycles. The molecule has 296 valence electrons. The number of ether oxygens (including phenoxy) is 2. The van der Waals surface area contributed by atoms with E-state index in [1.165, 1.54) is 128 Å². The Balaban J connectivity index is 2.41. The third-order valence-corrected chi connectivity index (χ3v) is 10.1. The van der Waals surface area contributed by atoms with Gasteiger partial charge < -0.3 is 40.3 Å². The van der Waals surface area contributed by atoms with E-state index in [1.807, 2.05) is 6.08 Å². The highest BCUT2D eigenvalue weighted by Gasteiger charge is 2.44. The van der Waals surface area contributed by atoms with Crippen molar-refractivity contribution < 1.29 is 39.8 Å². The van der Waals surface area contributed by atoms with Crippen LogP contribution in [0.1, 0.15) is 187 Å². The number of hydrogen-bond acceptors (Lipinski definition) is 8. The summed E-state index contributed by atoms with van der Waals surface area (Å²) in [6, 6.07) is -0.796. The number of rotatable bonds is 34. The van der Waals surface area contributed by atoms with Gasteiger partial charge in [-0.1, -0.05) is 174 Å². The number of amides is 1. The van der Waals surface area contributed by atoms with Gasteiger partial charge in [-0.25, -0.2) is 0 Å². The van der Waals surface area contributed by atoms with Crippen molar-refractivity contribution in [1.29, 1.82) is 0 Å². The Morgan fingerprint density at radius 1 is 0.660 bits per heavy atom. The average molecular weight is 714 g/mol. The first-order chi connectivity index (χ1) is 24.3. The second-order valence-electron chi connectivity index (χ2n) is 14.8. The van der Waals surface area contributed by atoms with Crippen LogP contribution in [0.25, 0.3) is 0 Å². The minimum absolute atomic E-state index is 0.177. The molecule has 9 nitrogen and oxygen atoms in total. The summed E-state index contributed by atoms with van der Waals surface area (Å²) in [6.07, 6.45) is 28.2. The molecule has 6 N–H and O–H groups in total. The van der Waals surface area contributed by atoms with Gasteiger partial charge in [-0.3, -0.25) is 4.79 Å². The normalized spacial score (nSPS) is 22.3. The second-order valence-corrected chi connectivity index (χ2v) is 14.8. The van der Waals surface area contributed by atoms with Gasteiger partial charge in [0.25, 0.3) is 0 Å². The maximum absolute atomic E-state index is 12.9. The molecule has 1 saturated heterocycles. The summed E-state index contributed by atoms with van der Waals surface area (Å²) in [5.41, 5.74) is 0. The van der Waals surface area contributed by atoms with Crippen molar-refractivity contribution in [3.63, 3.8) is 0 Å². The number of unbranched alkanes of at least 4 members (excludes halogenated alkanes) is 24. The number of allylic oxidation sites excluding steroid dienone is 1. The Kier molecular flexibility index (Phi) is 30.6. The van der Waals surface area contributed by atoms with Gasteiger partial charge in [0.1, 0.15) is 24.4 Å². The zero-order valence-corrected chi connectivity index (χ0v) is 32.2. The molecule has 9 heteroatoms. The molecule has 7 atom stereocenters. The molecule has 50 heavy (non-hydrogen) atoms. The van der Waals surface area contributed by atoms with Crippen LogP contribution >= 0.6 is 0 Å². The quantitative estimate of drug-likeness (QED) is 0.0293. The smallest absolute Gasteiger partial charge is 0.220 e. The van der Waals surface area contributed by atoms with Crippen LogP contribution in [0.4, 0.5) is 0 Å². The van der Waals surface area contributed by atoms with Crippen LogP contribution in [0.3, 0.4) is 0 Å². The summed E-state index contributed by atoms with van der Waals surface area (Å²) < 4.78 is 11.2. The lowest BCUT2D eigenvalue weighted by Gasteiger charge is -2.40. The molecular weight excluding hydrogens is 634 g/mol. The van der Waals surface area contributed by atoms with Gasteiger partial charge in [0.15, 0.2) is 6.29 Å². The van der Waals surface area contributed by atoms with E-state index < -0.39 is 49.5 Å². The molecule has 1 aliphatic heterocycles. The Bertz CT molecular complexity index is 797. The minimum atomic E-state index is -1.56. The first-order valence-corrected chi connectivity index (χ1v) is 20.9. The third kappa shape index (κ3) is 23.5. The van der Waals surface area contributed by atoms with Crippen LogP contribution in [-0.2, 0) is 14.3 Å². The van der Waals surface area contributed by atoms with Gasteiger partial charge in [-0.2, -0.15) is 0 Å². The first-order valence-electron chi connectivity index (χ1n) is 20.9. The molecule has 0 aromatic rings. The third-order valence-electron chi connectivity index (χ3n) is 10.1. The van der Waals surface area contributed by atoms with Crippen LogP contribution in [0.5, 0.6) is 0 Å². The maximum Gasteiger partial charge on any atom is 0.220 e. The summed E-state index contributed by atoms with van der Waals surface area (Å²) in [4.78, 5) is 12.9. The molecule has 0 saturated carbocycles. The van der Waals surface area contributed by atoms with Crippen LogP contribution in [0.15, 0.2) is 12.2 Å². The molecular formula is C41H79NO8. The largest absolute Gasteiger partial charge is 0.394 e. The van der Waals surface area contributed by atoms with Gasteiger partial charge in [0, 0.05) is 6.42 Å². The van der Waals surface area contributed by atoms with E-state index in [0.29, 0.717) is 6.42 Å². The lowest BCUT2D eigenvalue weighted by Crippen LogP contribution is -2.60. The number of hydrogen-bond donors (Lipinski definition) is 6. The summed E-state index contributed by atoms with van der Waals surface area (Å²) in [5, 5.41) is 54.0. The fourth-order valence-corrected chi connectivity index (χ4v) is 6.68. The van der Waals surface area contributed by atoms with E-state index in [2.05, 4.69) is 19.2 Å². The van der Waals surface area contributed by atoms with Crippen LogP contribution in [0.2, 0.25) is 0 Å². The van der Waals surface area contributed by atoms with Crippen molar-refractivity contribution in [1.82, 2.24) is 5.32 Å². The first kappa shape index (κ1) is 47.0. The van der Waals surface area contributed by atoms with Gasteiger partial charge in [-0.15, -0.1) is 0 Å². The van der Waals surface area contributed by atoms with E-state index in [0.717, 1.165) is 38.5 Å². The van der Waals surface area contributed by atoms with Crippen molar-refractivity contribution in [2.45, 2.75) is 230 Å². The van der Waals surface area contributed by atoms with Crippen LogP contribution in [0, 0.1) is 0 Å². The average Bonchev–Trinajstić information content (AvgIpc) is 3.11. The zero-order chi connectivity index (χ0) is 36.7.